The van der Waals surface area contributed by atoms with Crippen LogP contribution in [0.25, 0.3) is 5.69 Å². The summed E-state index contributed by atoms with van der Waals surface area (Å²) >= 11 is 5.82. The van der Waals surface area contributed by atoms with Gasteiger partial charge in [0.15, 0.2) is 5.82 Å². The molecule has 3 rings (SSSR count). The molecule has 0 aliphatic rings. The molecule has 118 valence electrons. The van der Waals surface area contributed by atoms with Gasteiger partial charge in [-0.25, -0.2) is 9.07 Å². The molecule has 8 heteroatoms. The van der Waals surface area contributed by atoms with Crippen molar-refractivity contribution < 1.29 is 13.7 Å². The second-order valence-corrected chi connectivity index (χ2v) is 5.21. The molecule has 0 fully saturated rings. The van der Waals surface area contributed by atoms with Crippen molar-refractivity contribution in [1.82, 2.24) is 14.9 Å². The van der Waals surface area contributed by atoms with Gasteiger partial charge < -0.3 is 9.84 Å². The third kappa shape index (κ3) is 3.24. The van der Waals surface area contributed by atoms with E-state index in [0.29, 0.717) is 22.6 Å². The highest BCUT2D eigenvalue weighted by atomic mass is 35.5. The summed E-state index contributed by atoms with van der Waals surface area (Å²) in [5, 5.41) is 10.3. The van der Waals surface area contributed by atoms with Gasteiger partial charge in [-0.2, -0.15) is 5.10 Å². The molecule has 1 N–H and O–H groups in total. The number of benzene rings is 1. The van der Waals surface area contributed by atoms with E-state index in [2.05, 4.69) is 15.6 Å². The zero-order valence-electron chi connectivity index (χ0n) is 12.1. The van der Waals surface area contributed by atoms with Crippen LogP contribution < -0.4 is 5.32 Å². The molecule has 0 aliphatic heterocycles. The molecular weight excluding hydrogens is 323 g/mol. The van der Waals surface area contributed by atoms with Gasteiger partial charge in [-0.05, 0) is 42.8 Å². The predicted molar refractivity (Wildman–Crippen MR) is 82.1 cm³/mol. The number of carbonyl (C=O) groups is 1. The van der Waals surface area contributed by atoms with E-state index >= 15 is 0 Å². The minimum atomic E-state index is -0.495. The molecule has 0 radical (unpaired) electrons. The van der Waals surface area contributed by atoms with Gasteiger partial charge >= 0.3 is 0 Å². The van der Waals surface area contributed by atoms with E-state index in [-0.39, 0.29) is 17.5 Å². The summed E-state index contributed by atoms with van der Waals surface area (Å²) in [5.41, 5.74) is 1.70. The van der Waals surface area contributed by atoms with Gasteiger partial charge in [0.05, 0.1) is 12.1 Å². The van der Waals surface area contributed by atoms with Crippen LogP contribution in [0.5, 0.6) is 0 Å². The quantitative estimate of drug-likeness (QED) is 0.795. The first-order valence-electron chi connectivity index (χ1n) is 6.74. The normalized spacial score (nSPS) is 10.7. The second kappa shape index (κ2) is 6.21. The zero-order chi connectivity index (χ0) is 16.4. The summed E-state index contributed by atoms with van der Waals surface area (Å²) in [6, 6.07) is 6.06. The van der Waals surface area contributed by atoms with Crippen LogP contribution in [-0.4, -0.2) is 20.8 Å². The number of aryl methyl sites for hydroxylation is 1. The smallest absolute Gasteiger partial charge is 0.229 e. The molecule has 0 saturated heterocycles. The molecule has 2 aromatic heterocycles. The Morgan fingerprint density at radius 3 is 2.91 bits per heavy atom. The average molecular weight is 335 g/mol. The topological polar surface area (TPSA) is 73.0 Å². The minimum absolute atomic E-state index is 0.00328. The molecule has 6 nitrogen and oxygen atoms in total. The minimum Gasteiger partial charge on any atom is -0.344 e. The van der Waals surface area contributed by atoms with E-state index in [1.807, 2.05) is 0 Å². The predicted octanol–water partition coefficient (Wildman–Crippen LogP) is 3.14. The van der Waals surface area contributed by atoms with E-state index < -0.39 is 5.82 Å². The van der Waals surface area contributed by atoms with Gasteiger partial charge in [0.25, 0.3) is 0 Å². The van der Waals surface area contributed by atoms with E-state index in [0.717, 1.165) is 0 Å². The van der Waals surface area contributed by atoms with Crippen molar-refractivity contribution in [1.29, 1.82) is 0 Å². The van der Waals surface area contributed by atoms with Gasteiger partial charge in [0.1, 0.15) is 5.69 Å². The average Bonchev–Trinajstić information content (AvgIpc) is 3.13. The Balaban J connectivity index is 1.73. The fourth-order valence-corrected chi connectivity index (χ4v) is 2.34. The fraction of sp³-hybridized carbons (Fsp3) is 0.133. The maximum absolute atomic E-state index is 14.1. The molecule has 0 bridgehead atoms. The number of nitrogens with zero attached hydrogens (tertiary/aromatic N) is 3. The first-order chi connectivity index (χ1) is 11.0. The maximum atomic E-state index is 14.1. The lowest BCUT2D eigenvalue weighted by molar-refractivity contribution is -0.115. The highest BCUT2D eigenvalue weighted by Crippen LogP contribution is 2.21. The number of nitrogens with one attached hydrogen (secondary N) is 1. The summed E-state index contributed by atoms with van der Waals surface area (Å²) in [7, 11) is 0. The van der Waals surface area contributed by atoms with Crippen molar-refractivity contribution in [2.45, 2.75) is 13.3 Å². The van der Waals surface area contributed by atoms with Gasteiger partial charge in [0, 0.05) is 23.6 Å². The molecular formula is C15H12ClFN4O2. The number of carbonyl (C=O) groups excluding carboxylic acids is 1. The van der Waals surface area contributed by atoms with Gasteiger partial charge in [0.2, 0.25) is 11.1 Å². The second-order valence-electron chi connectivity index (χ2n) is 4.86. The van der Waals surface area contributed by atoms with Crippen molar-refractivity contribution in [3.05, 3.63) is 59.0 Å². The molecule has 0 saturated carbocycles. The molecule has 0 aliphatic carbocycles. The standard InChI is InChI=1S/C15H12ClFN4O2/c1-9-11(15(16)23-20-9)8-14(22)19-10-3-4-13(12(17)7-10)21-6-2-5-18-21/h2-7H,8H2,1H3,(H,19,22). The van der Waals surface area contributed by atoms with Crippen LogP contribution in [0.15, 0.2) is 41.2 Å². The molecule has 1 amide bonds. The van der Waals surface area contributed by atoms with E-state index in [9.17, 15) is 9.18 Å². The van der Waals surface area contributed by atoms with Crippen LogP contribution in [0.3, 0.4) is 0 Å². The molecule has 0 spiro atoms. The van der Waals surface area contributed by atoms with Crippen molar-refractivity contribution in [2.75, 3.05) is 5.32 Å². The zero-order valence-corrected chi connectivity index (χ0v) is 12.8. The Hall–Kier alpha value is -2.67. The number of aromatic nitrogens is 3. The van der Waals surface area contributed by atoms with Crippen molar-refractivity contribution >= 4 is 23.2 Å². The third-order valence-electron chi connectivity index (χ3n) is 3.26. The van der Waals surface area contributed by atoms with Gasteiger partial charge in [-0.3, -0.25) is 4.79 Å². The van der Waals surface area contributed by atoms with E-state index in [1.165, 1.54) is 16.8 Å². The molecule has 2 heterocycles. The summed E-state index contributed by atoms with van der Waals surface area (Å²) in [5.74, 6) is -0.838. The number of anilines is 1. The van der Waals surface area contributed by atoms with Crippen LogP contribution in [0.4, 0.5) is 10.1 Å². The Morgan fingerprint density at radius 2 is 2.30 bits per heavy atom. The third-order valence-corrected chi connectivity index (χ3v) is 3.55. The molecule has 0 unspecified atom stereocenters. The SMILES string of the molecule is Cc1noc(Cl)c1CC(=O)Nc1ccc(-n2cccn2)c(F)c1. The Labute approximate surface area is 135 Å². The van der Waals surface area contributed by atoms with Crippen LogP contribution in [0.1, 0.15) is 11.3 Å². The fourth-order valence-electron chi connectivity index (χ4n) is 2.11. The first kappa shape index (κ1) is 15.2. The summed E-state index contributed by atoms with van der Waals surface area (Å²) < 4.78 is 20.3. The Bertz CT molecular complexity index is 826. The van der Waals surface area contributed by atoms with E-state index in [1.54, 1.807) is 31.5 Å². The molecule has 3 aromatic rings. The Kier molecular flexibility index (Phi) is 4.12. The number of rotatable bonds is 4. The Morgan fingerprint density at radius 1 is 1.48 bits per heavy atom. The largest absolute Gasteiger partial charge is 0.344 e. The maximum Gasteiger partial charge on any atom is 0.229 e. The van der Waals surface area contributed by atoms with Crippen LogP contribution in [0, 0.1) is 12.7 Å². The van der Waals surface area contributed by atoms with Crippen LogP contribution >= 0.6 is 11.6 Å². The van der Waals surface area contributed by atoms with Crippen molar-refractivity contribution in [3.63, 3.8) is 0 Å². The highest BCUT2D eigenvalue weighted by Gasteiger charge is 2.15. The van der Waals surface area contributed by atoms with Crippen LogP contribution in [0.2, 0.25) is 5.22 Å². The summed E-state index contributed by atoms with van der Waals surface area (Å²) in [4.78, 5) is 12.0. The van der Waals surface area contributed by atoms with E-state index in [4.69, 9.17) is 16.1 Å². The molecule has 0 atom stereocenters. The van der Waals surface area contributed by atoms with Crippen LogP contribution in [-0.2, 0) is 11.2 Å². The lowest BCUT2D eigenvalue weighted by Gasteiger charge is -2.08. The van der Waals surface area contributed by atoms with Crippen molar-refractivity contribution in [3.8, 4) is 5.69 Å². The number of hydrogen-bond acceptors (Lipinski definition) is 4. The first-order valence-corrected chi connectivity index (χ1v) is 7.12. The summed E-state index contributed by atoms with van der Waals surface area (Å²) in [6.07, 6.45) is 3.18. The monoisotopic (exact) mass is 334 g/mol. The van der Waals surface area contributed by atoms with Gasteiger partial charge in [-0.1, -0.05) is 5.16 Å². The lowest BCUT2D eigenvalue weighted by atomic mass is 10.2. The number of amides is 1. The van der Waals surface area contributed by atoms with Gasteiger partial charge in [-0.15, -0.1) is 0 Å². The number of hydrogen-bond donors (Lipinski definition) is 1. The molecule has 1 aromatic carbocycles. The van der Waals surface area contributed by atoms with Crippen molar-refractivity contribution in [2.24, 2.45) is 0 Å². The highest BCUT2D eigenvalue weighted by molar-refractivity contribution is 6.29. The molecule has 23 heavy (non-hydrogen) atoms. The summed E-state index contributed by atoms with van der Waals surface area (Å²) in [6.45, 7) is 1.69. The lowest BCUT2D eigenvalue weighted by Crippen LogP contribution is -2.15. The number of halogens is 2.